The van der Waals surface area contributed by atoms with Crippen molar-refractivity contribution in [2.24, 2.45) is 11.7 Å². The third-order valence-electron chi connectivity index (χ3n) is 3.76. The topological polar surface area (TPSA) is 110 Å². The van der Waals surface area contributed by atoms with Crippen LogP contribution in [0.5, 0.6) is 0 Å². The van der Waals surface area contributed by atoms with Crippen molar-refractivity contribution in [3.8, 4) is 11.3 Å². The van der Waals surface area contributed by atoms with Crippen molar-refractivity contribution in [3.63, 3.8) is 0 Å². The highest BCUT2D eigenvalue weighted by Crippen LogP contribution is 2.27. The third-order valence-corrected chi connectivity index (χ3v) is 3.76. The Labute approximate surface area is 116 Å². The van der Waals surface area contributed by atoms with Crippen molar-refractivity contribution in [1.29, 1.82) is 0 Å². The maximum Gasteiger partial charge on any atom is 0.114 e. The molecule has 2 aromatic rings. The minimum absolute atomic E-state index is 0.108. The molecule has 1 aliphatic carbocycles. The SMILES string of the molecule is NC1CC(Cn2cc(-c3cccnc3)nn2)C(O)C1O. The largest absolute Gasteiger partial charge is 0.390 e. The van der Waals surface area contributed by atoms with Crippen molar-refractivity contribution in [2.45, 2.75) is 31.2 Å². The van der Waals surface area contributed by atoms with E-state index in [9.17, 15) is 10.2 Å². The Kier molecular flexibility index (Phi) is 3.47. The molecule has 4 N–H and O–H groups in total. The van der Waals surface area contributed by atoms with Crippen LogP contribution in [0.4, 0.5) is 0 Å². The average Bonchev–Trinajstić information content (AvgIpc) is 3.02. The van der Waals surface area contributed by atoms with Gasteiger partial charge in [0.1, 0.15) is 5.69 Å². The molecule has 7 heteroatoms. The van der Waals surface area contributed by atoms with Gasteiger partial charge in [-0.25, -0.2) is 0 Å². The van der Waals surface area contributed by atoms with Crippen LogP contribution in [0.1, 0.15) is 6.42 Å². The fraction of sp³-hybridized carbons (Fsp3) is 0.462. The molecule has 3 rings (SSSR count). The first-order valence-corrected chi connectivity index (χ1v) is 6.57. The second-order valence-electron chi connectivity index (χ2n) is 5.21. The Morgan fingerprint density at radius 2 is 2.20 bits per heavy atom. The summed E-state index contributed by atoms with van der Waals surface area (Å²) in [5.41, 5.74) is 7.37. The lowest BCUT2D eigenvalue weighted by Gasteiger charge is -2.15. The van der Waals surface area contributed by atoms with E-state index in [-0.39, 0.29) is 12.0 Å². The van der Waals surface area contributed by atoms with Gasteiger partial charge < -0.3 is 15.9 Å². The Hall–Kier alpha value is -1.83. The van der Waals surface area contributed by atoms with Gasteiger partial charge in [0.15, 0.2) is 0 Å². The van der Waals surface area contributed by atoms with Crippen LogP contribution in [0.3, 0.4) is 0 Å². The highest BCUT2D eigenvalue weighted by atomic mass is 16.3. The van der Waals surface area contributed by atoms with Crippen molar-refractivity contribution in [1.82, 2.24) is 20.0 Å². The second-order valence-corrected chi connectivity index (χ2v) is 5.21. The maximum atomic E-state index is 9.91. The molecule has 0 radical (unpaired) electrons. The van der Waals surface area contributed by atoms with E-state index >= 15 is 0 Å². The minimum atomic E-state index is -0.860. The zero-order valence-electron chi connectivity index (χ0n) is 10.9. The van der Waals surface area contributed by atoms with Crippen molar-refractivity contribution in [2.75, 3.05) is 0 Å². The monoisotopic (exact) mass is 275 g/mol. The number of aliphatic hydroxyl groups excluding tert-OH is 2. The van der Waals surface area contributed by atoms with Crippen LogP contribution in [0.25, 0.3) is 11.3 Å². The van der Waals surface area contributed by atoms with E-state index in [1.807, 2.05) is 12.1 Å². The van der Waals surface area contributed by atoms with Crippen LogP contribution in [0.15, 0.2) is 30.7 Å². The van der Waals surface area contributed by atoms with Crippen LogP contribution in [0, 0.1) is 5.92 Å². The molecule has 7 nitrogen and oxygen atoms in total. The summed E-state index contributed by atoms with van der Waals surface area (Å²) >= 11 is 0. The summed E-state index contributed by atoms with van der Waals surface area (Å²) in [6.45, 7) is 0.485. The van der Waals surface area contributed by atoms with Gasteiger partial charge in [-0.05, 0) is 18.6 Å². The number of aliphatic hydroxyl groups is 2. The molecule has 0 saturated heterocycles. The van der Waals surface area contributed by atoms with Gasteiger partial charge in [-0.3, -0.25) is 9.67 Å². The summed E-state index contributed by atoms with van der Waals surface area (Å²) in [5.74, 6) is -0.108. The molecular weight excluding hydrogens is 258 g/mol. The van der Waals surface area contributed by atoms with E-state index in [4.69, 9.17) is 5.73 Å². The molecule has 0 amide bonds. The predicted octanol–water partition coefficient (Wildman–Crippen LogP) is -0.591. The molecule has 20 heavy (non-hydrogen) atoms. The van der Waals surface area contributed by atoms with E-state index in [0.717, 1.165) is 11.3 Å². The number of hydrogen-bond donors (Lipinski definition) is 3. The number of nitrogens with two attached hydrogens (primary N) is 1. The van der Waals surface area contributed by atoms with Crippen molar-refractivity contribution < 1.29 is 10.2 Å². The maximum absolute atomic E-state index is 9.91. The van der Waals surface area contributed by atoms with Gasteiger partial charge in [-0.15, -0.1) is 5.10 Å². The van der Waals surface area contributed by atoms with Gasteiger partial charge in [0, 0.05) is 36.5 Å². The van der Waals surface area contributed by atoms with Crippen LogP contribution in [0.2, 0.25) is 0 Å². The lowest BCUT2D eigenvalue weighted by atomic mass is 10.1. The summed E-state index contributed by atoms with van der Waals surface area (Å²) in [7, 11) is 0. The van der Waals surface area contributed by atoms with Crippen LogP contribution >= 0.6 is 0 Å². The lowest BCUT2D eigenvalue weighted by Crippen LogP contribution is -2.36. The van der Waals surface area contributed by atoms with E-state index < -0.39 is 12.2 Å². The lowest BCUT2D eigenvalue weighted by molar-refractivity contribution is 0.0113. The molecule has 1 aliphatic rings. The third kappa shape index (κ3) is 2.43. The fourth-order valence-electron chi connectivity index (χ4n) is 2.62. The number of hydrogen-bond acceptors (Lipinski definition) is 6. The Bertz CT molecular complexity index is 573. The molecule has 0 spiro atoms. The van der Waals surface area contributed by atoms with Crippen molar-refractivity contribution >= 4 is 0 Å². The molecule has 0 aromatic carbocycles. The first kappa shape index (κ1) is 13.2. The molecule has 4 unspecified atom stereocenters. The van der Waals surface area contributed by atoms with E-state index in [1.54, 1.807) is 23.3 Å². The quantitative estimate of drug-likeness (QED) is 0.690. The predicted molar refractivity (Wildman–Crippen MR) is 71.3 cm³/mol. The number of nitrogens with zero attached hydrogens (tertiary/aromatic N) is 4. The number of aromatic nitrogens is 4. The van der Waals surface area contributed by atoms with Crippen LogP contribution in [-0.2, 0) is 6.54 Å². The molecule has 1 fully saturated rings. The van der Waals surface area contributed by atoms with E-state index in [0.29, 0.717) is 13.0 Å². The Morgan fingerprint density at radius 3 is 2.85 bits per heavy atom. The van der Waals surface area contributed by atoms with Gasteiger partial charge in [0.25, 0.3) is 0 Å². The number of rotatable bonds is 3. The van der Waals surface area contributed by atoms with Gasteiger partial charge in [0.2, 0.25) is 0 Å². The molecule has 4 atom stereocenters. The first-order valence-electron chi connectivity index (χ1n) is 6.57. The molecule has 2 aromatic heterocycles. The minimum Gasteiger partial charge on any atom is -0.390 e. The molecular formula is C13H17N5O2. The molecule has 0 aliphatic heterocycles. The second kappa shape index (κ2) is 5.28. The van der Waals surface area contributed by atoms with E-state index in [1.165, 1.54) is 0 Å². The summed E-state index contributed by atoms with van der Waals surface area (Å²) in [5, 5.41) is 27.7. The summed E-state index contributed by atoms with van der Waals surface area (Å²) < 4.78 is 1.67. The van der Waals surface area contributed by atoms with E-state index in [2.05, 4.69) is 15.3 Å². The standard InChI is InChI=1S/C13H17N5O2/c14-10-4-9(12(19)13(10)20)6-18-7-11(16-17-18)8-2-1-3-15-5-8/h1-3,5,7,9-10,12-13,19-20H,4,6,14H2. The Morgan fingerprint density at radius 1 is 1.35 bits per heavy atom. The van der Waals surface area contributed by atoms with Gasteiger partial charge in [-0.2, -0.15) is 0 Å². The molecule has 106 valence electrons. The normalized spacial score (nSPS) is 29.8. The highest BCUT2D eigenvalue weighted by Gasteiger charge is 2.39. The summed E-state index contributed by atoms with van der Waals surface area (Å²) in [4.78, 5) is 4.04. The molecule has 2 heterocycles. The summed E-state index contributed by atoms with van der Waals surface area (Å²) in [6.07, 6.45) is 4.13. The van der Waals surface area contributed by atoms with Gasteiger partial charge in [0.05, 0.1) is 18.4 Å². The van der Waals surface area contributed by atoms with Gasteiger partial charge in [-0.1, -0.05) is 5.21 Å². The Balaban J connectivity index is 1.72. The van der Waals surface area contributed by atoms with Gasteiger partial charge >= 0.3 is 0 Å². The zero-order valence-corrected chi connectivity index (χ0v) is 10.9. The zero-order chi connectivity index (χ0) is 14.1. The highest BCUT2D eigenvalue weighted by molar-refractivity contribution is 5.55. The molecule has 0 bridgehead atoms. The van der Waals surface area contributed by atoms with Crippen LogP contribution in [-0.4, -0.2) is 48.4 Å². The summed E-state index contributed by atoms with van der Waals surface area (Å²) in [6, 6.07) is 3.37. The smallest absolute Gasteiger partial charge is 0.114 e. The van der Waals surface area contributed by atoms with Crippen LogP contribution < -0.4 is 5.73 Å². The van der Waals surface area contributed by atoms with Crippen molar-refractivity contribution in [3.05, 3.63) is 30.7 Å². The first-order chi connectivity index (χ1) is 9.65. The fourth-order valence-corrected chi connectivity index (χ4v) is 2.62. The average molecular weight is 275 g/mol. The number of pyridine rings is 1. The molecule has 1 saturated carbocycles.